The summed E-state index contributed by atoms with van der Waals surface area (Å²) in [6.07, 6.45) is 3.23. The molecule has 0 spiro atoms. The normalized spacial score (nSPS) is 8.38. The molecule has 0 unspecified atom stereocenters. The highest BCUT2D eigenvalue weighted by molar-refractivity contribution is 5.28. The van der Waals surface area contributed by atoms with Crippen molar-refractivity contribution >= 4 is 5.82 Å². The topological polar surface area (TPSA) is 67.6 Å². The molecule has 0 aliphatic carbocycles. The third kappa shape index (κ3) is 0.500. The lowest BCUT2D eigenvalue weighted by Crippen LogP contribution is -1.96. The van der Waals surface area contributed by atoms with Gasteiger partial charge in [0.15, 0.2) is 0 Å². The molecule has 1 rings (SSSR count). The van der Waals surface area contributed by atoms with Crippen LogP contribution in [0.5, 0.6) is 0 Å². The van der Waals surface area contributed by atoms with Crippen molar-refractivity contribution in [1.29, 1.82) is 5.26 Å². The van der Waals surface area contributed by atoms with Gasteiger partial charge < -0.3 is 5.73 Å². The third-order valence-corrected chi connectivity index (χ3v) is 0.767. The van der Waals surface area contributed by atoms with Crippen molar-refractivity contribution in [2.45, 2.75) is 0 Å². The van der Waals surface area contributed by atoms with Gasteiger partial charge in [0.2, 0.25) is 6.19 Å². The van der Waals surface area contributed by atoms with E-state index in [4.69, 9.17) is 11.0 Å². The predicted octanol–water partition coefficient (Wildman–Crippen LogP) is -0.206. The Morgan fingerprint density at radius 2 is 2.62 bits per heavy atom. The molecule has 1 heterocycles. The molecule has 8 heavy (non-hydrogen) atoms. The Hall–Kier alpha value is -1.50. The maximum Gasteiger partial charge on any atom is 0.208 e. The lowest BCUT2D eigenvalue weighted by atomic mass is 10.7. The SMILES string of the molecule is N#Cn1nccc1N. The molecule has 0 radical (unpaired) electrons. The molecule has 2 N–H and O–H groups in total. The first-order valence-electron chi connectivity index (χ1n) is 2.04. The van der Waals surface area contributed by atoms with Crippen LogP contribution in [0.25, 0.3) is 0 Å². The van der Waals surface area contributed by atoms with Gasteiger partial charge in [-0.15, -0.1) is 0 Å². The number of rotatable bonds is 0. The molecule has 0 aliphatic rings. The van der Waals surface area contributed by atoms with Gasteiger partial charge in [-0.2, -0.15) is 15.0 Å². The molecular weight excluding hydrogens is 104 g/mol. The van der Waals surface area contributed by atoms with E-state index in [1.165, 1.54) is 6.20 Å². The summed E-state index contributed by atoms with van der Waals surface area (Å²) >= 11 is 0. The zero-order valence-electron chi connectivity index (χ0n) is 4.07. The Kier molecular flexibility index (Phi) is 0.897. The first kappa shape index (κ1) is 4.65. The zero-order valence-corrected chi connectivity index (χ0v) is 4.07. The number of nitrogens with two attached hydrogens (primary N) is 1. The van der Waals surface area contributed by atoms with E-state index in [1.54, 1.807) is 12.3 Å². The summed E-state index contributed by atoms with van der Waals surface area (Å²) < 4.78 is 1.04. The summed E-state index contributed by atoms with van der Waals surface area (Å²) in [5.74, 6) is 0.368. The van der Waals surface area contributed by atoms with Crippen LogP contribution >= 0.6 is 0 Å². The fraction of sp³-hybridized carbons (Fsp3) is 0. The minimum atomic E-state index is 0.368. The molecule has 1 aromatic heterocycles. The maximum absolute atomic E-state index is 8.18. The summed E-state index contributed by atoms with van der Waals surface area (Å²) in [4.78, 5) is 0. The summed E-state index contributed by atoms with van der Waals surface area (Å²) in [5.41, 5.74) is 5.23. The van der Waals surface area contributed by atoms with Crippen LogP contribution in [-0.2, 0) is 0 Å². The summed E-state index contributed by atoms with van der Waals surface area (Å²) in [6.45, 7) is 0. The highest BCUT2D eigenvalue weighted by atomic mass is 15.3. The van der Waals surface area contributed by atoms with Gasteiger partial charge in [0, 0.05) is 6.07 Å². The molecule has 0 amide bonds. The fourth-order valence-electron chi connectivity index (χ4n) is 0.397. The van der Waals surface area contributed by atoms with E-state index >= 15 is 0 Å². The first-order chi connectivity index (χ1) is 3.84. The molecule has 40 valence electrons. The van der Waals surface area contributed by atoms with Gasteiger partial charge >= 0.3 is 0 Å². The van der Waals surface area contributed by atoms with Crippen LogP contribution < -0.4 is 5.73 Å². The monoisotopic (exact) mass is 108 g/mol. The van der Waals surface area contributed by atoms with Gasteiger partial charge in [-0.25, -0.2) is 0 Å². The van der Waals surface area contributed by atoms with E-state index in [0.717, 1.165) is 4.68 Å². The van der Waals surface area contributed by atoms with Crippen LogP contribution in [0.3, 0.4) is 0 Å². The van der Waals surface area contributed by atoms with Crippen molar-refractivity contribution in [2.24, 2.45) is 0 Å². The molecule has 0 fully saturated rings. The zero-order chi connectivity index (χ0) is 5.98. The second-order valence-electron chi connectivity index (χ2n) is 1.27. The molecule has 0 saturated carbocycles. The summed E-state index contributed by atoms with van der Waals surface area (Å²) in [6, 6.07) is 1.56. The highest BCUT2D eigenvalue weighted by Crippen LogP contribution is 1.94. The van der Waals surface area contributed by atoms with Crippen molar-refractivity contribution in [2.75, 3.05) is 5.73 Å². The maximum atomic E-state index is 8.18. The molecule has 0 saturated heterocycles. The molecule has 0 aliphatic heterocycles. The quantitative estimate of drug-likeness (QED) is 0.500. The number of hydrogen-bond donors (Lipinski definition) is 1. The van der Waals surface area contributed by atoms with Crippen molar-refractivity contribution < 1.29 is 0 Å². The van der Waals surface area contributed by atoms with Crippen molar-refractivity contribution in [3.63, 3.8) is 0 Å². The van der Waals surface area contributed by atoms with Crippen LogP contribution in [0.15, 0.2) is 12.3 Å². The van der Waals surface area contributed by atoms with Gasteiger partial charge in [0.1, 0.15) is 5.82 Å². The first-order valence-corrected chi connectivity index (χ1v) is 2.04. The predicted molar refractivity (Wildman–Crippen MR) is 27.7 cm³/mol. The molecule has 4 heteroatoms. The Morgan fingerprint density at radius 3 is 2.88 bits per heavy atom. The molecule has 1 aromatic rings. The van der Waals surface area contributed by atoms with Crippen LogP contribution in [0.1, 0.15) is 0 Å². The number of nitrogen functional groups attached to an aromatic ring is 1. The molecule has 4 nitrogen and oxygen atoms in total. The molecule has 0 atom stereocenters. The van der Waals surface area contributed by atoms with Gasteiger partial charge in [0.25, 0.3) is 0 Å². The summed E-state index contributed by atoms with van der Waals surface area (Å²) in [5, 5.41) is 11.7. The minimum Gasteiger partial charge on any atom is -0.383 e. The molecular formula is C4H4N4. The van der Waals surface area contributed by atoms with E-state index in [2.05, 4.69) is 5.10 Å². The number of nitrogens with zero attached hydrogens (tertiary/aromatic N) is 3. The highest BCUT2D eigenvalue weighted by Gasteiger charge is 1.90. The van der Waals surface area contributed by atoms with E-state index in [0.29, 0.717) is 5.82 Å². The standard InChI is InChI=1S/C4H4N4/c5-3-8-4(6)1-2-7-8/h1-2H,6H2. The van der Waals surface area contributed by atoms with Gasteiger partial charge in [-0.3, -0.25) is 0 Å². The Labute approximate surface area is 46.1 Å². The van der Waals surface area contributed by atoms with Crippen LogP contribution in [0.4, 0.5) is 5.82 Å². The smallest absolute Gasteiger partial charge is 0.208 e. The van der Waals surface area contributed by atoms with Gasteiger partial charge in [-0.1, -0.05) is 0 Å². The second-order valence-corrected chi connectivity index (χ2v) is 1.27. The fourth-order valence-corrected chi connectivity index (χ4v) is 0.397. The third-order valence-electron chi connectivity index (χ3n) is 0.767. The Morgan fingerprint density at radius 1 is 1.88 bits per heavy atom. The minimum absolute atomic E-state index is 0.368. The van der Waals surface area contributed by atoms with Gasteiger partial charge in [-0.05, 0) is 0 Å². The van der Waals surface area contributed by atoms with E-state index < -0.39 is 0 Å². The lowest BCUT2D eigenvalue weighted by Gasteiger charge is -1.83. The van der Waals surface area contributed by atoms with Crippen LogP contribution in [-0.4, -0.2) is 9.78 Å². The number of hydrogen-bond acceptors (Lipinski definition) is 3. The Bertz CT molecular complexity index is 218. The summed E-state index contributed by atoms with van der Waals surface area (Å²) in [7, 11) is 0. The average molecular weight is 108 g/mol. The van der Waals surface area contributed by atoms with Crippen molar-refractivity contribution in [3.05, 3.63) is 12.3 Å². The number of nitriles is 1. The lowest BCUT2D eigenvalue weighted by molar-refractivity contribution is 0.908. The van der Waals surface area contributed by atoms with Crippen molar-refractivity contribution in [1.82, 2.24) is 9.78 Å². The van der Waals surface area contributed by atoms with Gasteiger partial charge in [0.05, 0.1) is 6.20 Å². The average Bonchev–Trinajstić information content (AvgIpc) is 2.14. The number of aromatic nitrogens is 2. The van der Waals surface area contributed by atoms with Crippen molar-refractivity contribution in [3.8, 4) is 6.19 Å². The second kappa shape index (κ2) is 1.54. The van der Waals surface area contributed by atoms with E-state index in [9.17, 15) is 0 Å². The van der Waals surface area contributed by atoms with E-state index in [1.807, 2.05) is 0 Å². The Balaban J connectivity index is 3.15. The van der Waals surface area contributed by atoms with Crippen LogP contribution in [0, 0.1) is 11.5 Å². The molecule has 0 aromatic carbocycles. The van der Waals surface area contributed by atoms with Crippen LogP contribution in [0.2, 0.25) is 0 Å². The largest absolute Gasteiger partial charge is 0.383 e. The molecule has 0 bridgehead atoms. The van der Waals surface area contributed by atoms with E-state index in [-0.39, 0.29) is 0 Å². The number of anilines is 1.